The van der Waals surface area contributed by atoms with Crippen molar-refractivity contribution in [3.63, 3.8) is 0 Å². The monoisotopic (exact) mass is 216 g/mol. The van der Waals surface area contributed by atoms with Crippen molar-refractivity contribution in [3.8, 4) is 0 Å². The molecule has 4 nitrogen and oxygen atoms in total. The van der Waals surface area contributed by atoms with Crippen molar-refractivity contribution in [1.29, 1.82) is 0 Å². The fourth-order valence-corrected chi connectivity index (χ4v) is 1.19. The predicted molar refractivity (Wildman–Crippen MR) is 57.2 cm³/mol. The maximum Gasteiger partial charge on any atom is 0.315 e. The number of carbonyl (C=O) groups excluding carboxylic acids is 1. The number of ether oxygens (including phenoxy) is 1. The second kappa shape index (κ2) is 7.43. The summed E-state index contributed by atoms with van der Waals surface area (Å²) >= 11 is 0. The van der Waals surface area contributed by atoms with Crippen molar-refractivity contribution in [2.45, 2.75) is 26.9 Å². The molecule has 0 saturated carbocycles. The molecular formula is C11H20O4. The van der Waals surface area contributed by atoms with E-state index >= 15 is 0 Å². The van der Waals surface area contributed by atoms with Gasteiger partial charge in [-0.15, -0.1) is 0 Å². The summed E-state index contributed by atoms with van der Waals surface area (Å²) in [5, 5.41) is 18.4. The van der Waals surface area contributed by atoms with E-state index in [1.54, 1.807) is 6.92 Å². The Morgan fingerprint density at radius 3 is 2.47 bits per heavy atom. The van der Waals surface area contributed by atoms with Crippen molar-refractivity contribution in [2.24, 2.45) is 11.8 Å². The van der Waals surface area contributed by atoms with Crippen LogP contribution in [0.5, 0.6) is 0 Å². The van der Waals surface area contributed by atoms with E-state index in [0.717, 1.165) is 0 Å². The third-order valence-corrected chi connectivity index (χ3v) is 2.06. The number of hydrogen-bond acceptors (Lipinski definition) is 4. The first kappa shape index (κ1) is 14.1. The van der Waals surface area contributed by atoms with Gasteiger partial charge in [-0.25, -0.2) is 0 Å². The number of hydrogen-bond donors (Lipinski definition) is 2. The molecule has 0 spiro atoms. The summed E-state index contributed by atoms with van der Waals surface area (Å²) in [5.41, 5.74) is 0. The van der Waals surface area contributed by atoms with E-state index in [9.17, 15) is 9.90 Å². The molecule has 0 aromatic carbocycles. The van der Waals surface area contributed by atoms with Crippen molar-refractivity contribution in [3.05, 3.63) is 12.2 Å². The minimum Gasteiger partial charge on any atom is -0.465 e. The molecule has 0 bridgehead atoms. The molecule has 88 valence electrons. The zero-order valence-electron chi connectivity index (χ0n) is 9.51. The van der Waals surface area contributed by atoms with Crippen LogP contribution >= 0.6 is 0 Å². The van der Waals surface area contributed by atoms with E-state index in [4.69, 9.17) is 9.84 Å². The van der Waals surface area contributed by atoms with E-state index in [1.807, 2.05) is 13.8 Å². The standard InChI is InChI=1S/C11H20O4/c1-4-15-11(14)9(6-5-7-12)10(13)8(2)3/h5-6,8-10,12-13H,4,7H2,1-3H3/b6-5+/t9-,10-/m0/s1. The fraction of sp³-hybridized carbons (Fsp3) is 0.727. The van der Waals surface area contributed by atoms with E-state index < -0.39 is 18.0 Å². The highest BCUT2D eigenvalue weighted by atomic mass is 16.5. The van der Waals surface area contributed by atoms with Gasteiger partial charge in [0.05, 0.1) is 19.3 Å². The minimum atomic E-state index is -0.785. The van der Waals surface area contributed by atoms with Crippen molar-refractivity contribution >= 4 is 5.97 Å². The third kappa shape index (κ3) is 4.95. The first-order chi connectivity index (χ1) is 7.04. The molecule has 0 aromatic rings. The van der Waals surface area contributed by atoms with Crippen LogP contribution in [0.25, 0.3) is 0 Å². The van der Waals surface area contributed by atoms with Gasteiger partial charge in [0.25, 0.3) is 0 Å². The van der Waals surface area contributed by atoms with E-state index in [-0.39, 0.29) is 19.1 Å². The summed E-state index contributed by atoms with van der Waals surface area (Å²) in [6.07, 6.45) is 2.14. The average Bonchev–Trinajstić information content (AvgIpc) is 2.18. The Bertz CT molecular complexity index is 211. The lowest BCUT2D eigenvalue weighted by atomic mass is 9.93. The van der Waals surface area contributed by atoms with Gasteiger partial charge in [-0.3, -0.25) is 4.79 Å². The average molecular weight is 216 g/mol. The molecule has 0 radical (unpaired) electrons. The Balaban J connectivity index is 4.56. The van der Waals surface area contributed by atoms with Gasteiger partial charge >= 0.3 is 5.97 Å². The molecule has 0 aromatic heterocycles. The lowest BCUT2D eigenvalue weighted by molar-refractivity contribution is -0.150. The van der Waals surface area contributed by atoms with Gasteiger partial charge in [0.15, 0.2) is 0 Å². The second-order valence-electron chi connectivity index (χ2n) is 3.62. The van der Waals surface area contributed by atoms with Crippen LogP contribution in [0.15, 0.2) is 12.2 Å². The lowest BCUT2D eigenvalue weighted by Gasteiger charge is -2.21. The van der Waals surface area contributed by atoms with Crippen LogP contribution in [-0.2, 0) is 9.53 Å². The molecule has 0 aliphatic heterocycles. The van der Waals surface area contributed by atoms with Gasteiger partial charge in [-0.1, -0.05) is 26.0 Å². The molecule has 0 unspecified atom stereocenters. The summed E-state index contributed by atoms with van der Waals surface area (Å²) in [6, 6.07) is 0. The van der Waals surface area contributed by atoms with E-state index in [2.05, 4.69) is 0 Å². The highest BCUT2D eigenvalue weighted by Gasteiger charge is 2.27. The summed E-state index contributed by atoms with van der Waals surface area (Å²) in [5.74, 6) is -1.19. The Morgan fingerprint density at radius 2 is 2.07 bits per heavy atom. The SMILES string of the molecule is CCOC(=O)[C@@H](/C=C/CO)[C@@H](O)C(C)C. The number of aliphatic hydroxyl groups is 2. The topological polar surface area (TPSA) is 66.8 Å². The van der Waals surface area contributed by atoms with Crippen LogP contribution in [0.4, 0.5) is 0 Å². The molecule has 0 aliphatic rings. The molecule has 15 heavy (non-hydrogen) atoms. The number of carbonyl (C=O) groups is 1. The molecule has 0 rings (SSSR count). The van der Waals surface area contributed by atoms with Gasteiger partial charge < -0.3 is 14.9 Å². The Kier molecular flexibility index (Phi) is 6.99. The number of rotatable bonds is 6. The zero-order chi connectivity index (χ0) is 11.8. The van der Waals surface area contributed by atoms with Gasteiger partial charge in [-0.05, 0) is 12.8 Å². The summed E-state index contributed by atoms with van der Waals surface area (Å²) in [4.78, 5) is 11.5. The lowest BCUT2D eigenvalue weighted by Crippen LogP contribution is -2.32. The molecule has 4 heteroatoms. The minimum absolute atomic E-state index is 0.0391. The first-order valence-electron chi connectivity index (χ1n) is 5.16. The van der Waals surface area contributed by atoms with Gasteiger partial charge in [0, 0.05) is 0 Å². The van der Waals surface area contributed by atoms with Gasteiger partial charge in [-0.2, -0.15) is 0 Å². The maximum atomic E-state index is 11.5. The maximum absolute atomic E-state index is 11.5. The summed E-state index contributed by atoms with van der Waals surface area (Å²) < 4.78 is 4.84. The molecule has 0 heterocycles. The molecule has 2 atom stereocenters. The molecule has 0 amide bonds. The smallest absolute Gasteiger partial charge is 0.315 e. The highest BCUT2D eigenvalue weighted by Crippen LogP contribution is 2.16. The Hall–Kier alpha value is -0.870. The third-order valence-electron chi connectivity index (χ3n) is 2.06. The highest BCUT2D eigenvalue weighted by molar-refractivity contribution is 5.75. The number of esters is 1. The van der Waals surface area contributed by atoms with Crippen LogP contribution in [0, 0.1) is 11.8 Å². The van der Waals surface area contributed by atoms with Crippen LogP contribution in [-0.4, -0.2) is 35.5 Å². The molecule has 2 N–H and O–H groups in total. The van der Waals surface area contributed by atoms with E-state index in [0.29, 0.717) is 0 Å². The molecule has 0 aliphatic carbocycles. The second-order valence-corrected chi connectivity index (χ2v) is 3.62. The van der Waals surface area contributed by atoms with Crippen molar-refractivity contribution in [1.82, 2.24) is 0 Å². The van der Waals surface area contributed by atoms with Crippen LogP contribution in [0.3, 0.4) is 0 Å². The molecule has 0 fully saturated rings. The number of aliphatic hydroxyl groups excluding tert-OH is 2. The summed E-state index contributed by atoms with van der Waals surface area (Å²) in [7, 11) is 0. The van der Waals surface area contributed by atoms with Crippen LogP contribution < -0.4 is 0 Å². The molecular weight excluding hydrogens is 196 g/mol. The molecule has 0 saturated heterocycles. The van der Waals surface area contributed by atoms with Crippen molar-refractivity contribution < 1.29 is 19.7 Å². The first-order valence-corrected chi connectivity index (χ1v) is 5.16. The normalized spacial score (nSPS) is 15.6. The van der Waals surface area contributed by atoms with Gasteiger partial charge in [0.2, 0.25) is 0 Å². The quantitative estimate of drug-likeness (QED) is 0.507. The predicted octanol–water partition coefficient (Wildman–Crippen LogP) is 0.731. The Labute approximate surface area is 90.6 Å². The fourth-order valence-electron chi connectivity index (χ4n) is 1.19. The van der Waals surface area contributed by atoms with Crippen LogP contribution in [0.1, 0.15) is 20.8 Å². The Morgan fingerprint density at radius 1 is 1.47 bits per heavy atom. The largest absolute Gasteiger partial charge is 0.465 e. The van der Waals surface area contributed by atoms with Crippen LogP contribution in [0.2, 0.25) is 0 Å². The van der Waals surface area contributed by atoms with E-state index in [1.165, 1.54) is 12.2 Å². The zero-order valence-corrected chi connectivity index (χ0v) is 9.51. The van der Waals surface area contributed by atoms with Crippen molar-refractivity contribution in [2.75, 3.05) is 13.2 Å². The summed E-state index contributed by atoms with van der Waals surface area (Å²) in [6.45, 7) is 5.49. The van der Waals surface area contributed by atoms with Gasteiger partial charge in [0.1, 0.15) is 5.92 Å².